The van der Waals surface area contributed by atoms with Crippen LogP contribution in [0.5, 0.6) is 0 Å². The van der Waals surface area contributed by atoms with Gasteiger partial charge in [0.25, 0.3) is 10.0 Å². The van der Waals surface area contributed by atoms with Crippen LogP contribution in [0.1, 0.15) is 18.9 Å². The molecule has 0 amide bonds. The Bertz CT molecular complexity index is 1060. The number of sulfonamides is 1. The standard InChI is InChI=1S/C18H18FN3O2S2/c1-12-5-6-13-10-14(19)7-8-15(13)22(12)26(23,24)17-11-21(2)20-18(17)16-4-3-9-25-16/h3-4,7-12H,5-6H2,1-2H3. The molecule has 1 aromatic carbocycles. The molecule has 2 aromatic heterocycles. The van der Waals surface area contributed by atoms with Gasteiger partial charge in [-0.05, 0) is 55.0 Å². The highest BCUT2D eigenvalue weighted by Gasteiger charge is 2.36. The van der Waals surface area contributed by atoms with Gasteiger partial charge in [0.05, 0.1) is 10.6 Å². The molecule has 0 N–H and O–H groups in total. The molecule has 1 atom stereocenters. The molecule has 0 radical (unpaired) electrons. The Hall–Kier alpha value is -2.19. The lowest BCUT2D eigenvalue weighted by Crippen LogP contribution is -2.42. The predicted octanol–water partition coefficient (Wildman–Crippen LogP) is 3.82. The molecule has 5 nitrogen and oxygen atoms in total. The molecular weight excluding hydrogens is 373 g/mol. The van der Waals surface area contributed by atoms with Crippen molar-refractivity contribution >= 4 is 27.0 Å². The van der Waals surface area contributed by atoms with E-state index in [2.05, 4.69) is 5.10 Å². The number of halogens is 1. The van der Waals surface area contributed by atoms with Gasteiger partial charge in [-0.2, -0.15) is 5.10 Å². The number of anilines is 1. The second kappa shape index (κ2) is 6.21. The third kappa shape index (κ3) is 2.73. The van der Waals surface area contributed by atoms with E-state index in [1.165, 1.54) is 38.7 Å². The summed E-state index contributed by atoms with van der Waals surface area (Å²) < 4.78 is 43.7. The van der Waals surface area contributed by atoms with E-state index in [0.29, 0.717) is 29.8 Å². The van der Waals surface area contributed by atoms with Crippen LogP contribution in [0.2, 0.25) is 0 Å². The Balaban J connectivity index is 1.89. The van der Waals surface area contributed by atoms with Crippen LogP contribution < -0.4 is 4.31 Å². The number of hydrogen-bond acceptors (Lipinski definition) is 4. The van der Waals surface area contributed by atoms with Crippen LogP contribution in [0, 0.1) is 5.82 Å². The SMILES string of the molecule is CC1CCc2cc(F)ccc2N1S(=O)(=O)c1cn(C)nc1-c1cccs1. The van der Waals surface area contributed by atoms with Crippen molar-refractivity contribution in [1.82, 2.24) is 9.78 Å². The van der Waals surface area contributed by atoms with Gasteiger partial charge >= 0.3 is 0 Å². The van der Waals surface area contributed by atoms with Gasteiger partial charge < -0.3 is 0 Å². The first-order chi connectivity index (χ1) is 12.4. The van der Waals surface area contributed by atoms with E-state index in [1.54, 1.807) is 13.1 Å². The molecule has 1 aliphatic rings. The molecule has 3 heterocycles. The number of nitrogens with zero attached hydrogens (tertiary/aromatic N) is 3. The zero-order valence-electron chi connectivity index (χ0n) is 14.4. The number of benzene rings is 1. The van der Waals surface area contributed by atoms with Crippen LogP contribution in [0.25, 0.3) is 10.6 Å². The summed E-state index contributed by atoms with van der Waals surface area (Å²) in [6, 6.07) is 7.80. The van der Waals surface area contributed by atoms with Crippen LogP contribution in [0.4, 0.5) is 10.1 Å². The minimum Gasteiger partial charge on any atom is -0.274 e. The molecule has 136 valence electrons. The Kier molecular flexibility index (Phi) is 4.11. The van der Waals surface area contributed by atoms with E-state index in [0.717, 1.165) is 4.88 Å². The van der Waals surface area contributed by atoms with E-state index in [9.17, 15) is 12.8 Å². The summed E-state index contributed by atoms with van der Waals surface area (Å²) >= 11 is 1.45. The number of rotatable bonds is 3. The molecule has 1 aliphatic heterocycles. The minimum absolute atomic E-state index is 0.173. The summed E-state index contributed by atoms with van der Waals surface area (Å²) in [6.45, 7) is 1.88. The quantitative estimate of drug-likeness (QED) is 0.682. The third-order valence-electron chi connectivity index (χ3n) is 4.60. The van der Waals surface area contributed by atoms with Crippen LogP contribution in [0.3, 0.4) is 0 Å². The zero-order chi connectivity index (χ0) is 18.5. The molecule has 0 saturated heterocycles. The largest absolute Gasteiger partial charge is 0.274 e. The molecule has 26 heavy (non-hydrogen) atoms. The number of aryl methyl sites for hydroxylation is 2. The highest BCUT2D eigenvalue weighted by Crippen LogP contribution is 2.38. The maximum absolute atomic E-state index is 13.6. The van der Waals surface area contributed by atoms with Crippen molar-refractivity contribution in [3.8, 4) is 10.6 Å². The fourth-order valence-corrected chi connectivity index (χ4v) is 6.10. The van der Waals surface area contributed by atoms with E-state index in [4.69, 9.17) is 0 Å². The summed E-state index contributed by atoms with van der Waals surface area (Å²) in [4.78, 5) is 0.972. The average molecular weight is 391 g/mol. The maximum Gasteiger partial charge on any atom is 0.268 e. The van der Waals surface area contributed by atoms with Gasteiger partial charge in [-0.1, -0.05) is 6.07 Å². The van der Waals surface area contributed by atoms with Crippen LogP contribution >= 0.6 is 11.3 Å². The van der Waals surface area contributed by atoms with Crippen LogP contribution in [-0.4, -0.2) is 24.2 Å². The number of aromatic nitrogens is 2. The lowest BCUT2D eigenvalue weighted by molar-refractivity contribution is 0.560. The fraction of sp³-hybridized carbons (Fsp3) is 0.278. The summed E-state index contributed by atoms with van der Waals surface area (Å²) in [5.41, 5.74) is 1.71. The Morgan fingerprint density at radius 1 is 1.31 bits per heavy atom. The Labute approximate surface area is 155 Å². The highest BCUT2D eigenvalue weighted by molar-refractivity contribution is 7.93. The monoisotopic (exact) mass is 391 g/mol. The Morgan fingerprint density at radius 3 is 2.85 bits per heavy atom. The van der Waals surface area contributed by atoms with Crippen molar-refractivity contribution in [1.29, 1.82) is 0 Å². The summed E-state index contributed by atoms with van der Waals surface area (Å²) in [7, 11) is -2.13. The van der Waals surface area contributed by atoms with Gasteiger partial charge in [0.15, 0.2) is 0 Å². The van der Waals surface area contributed by atoms with E-state index in [1.807, 2.05) is 24.4 Å². The van der Waals surface area contributed by atoms with E-state index >= 15 is 0 Å². The van der Waals surface area contributed by atoms with Gasteiger partial charge in [-0.25, -0.2) is 12.8 Å². The van der Waals surface area contributed by atoms with Crippen molar-refractivity contribution in [3.05, 3.63) is 53.3 Å². The van der Waals surface area contributed by atoms with Gasteiger partial charge in [0, 0.05) is 19.3 Å². The lowest BCUT2D eigenvalue weighted by Gasteiger charge is -2.35. The highest BCUT2D eigenvalue weighted by atomic mass is 32.2. The maximum atomic E-state index is 13.6. The van der Waals surface area contributed by atoms with E-state index < -0.39 is 10.0 Å². The molecule has 0 saturated carbocycles. The third-order valence-corrected chi connectivity index (χ3v) is 7.40. The molecule has 0 aliphatic carbocycles. The molecule has 0 bridgehead atoms. The first kappa shape index (κ1) is 17.2. The molecule has 1 unspecified atom stereocenters. The predicted molar refractivity (Wildman–Crippen MR) is 100 cm³/mol. The number of thiophene rings is 1. The van der Waals surface area contributed by atoms with Crippen molar-refractivity contribution in [3.63, 3.8) is 0 Å². The van der Waals surface area contributed by atoms with Crippen molar-refractivity contribution in [2.75, 3.05) is 4.31 Å². The topological polar surface area (TPSA) is 55.2 Å². The van der Waals surface area contributed by atoms with Crippen LogP contribution in [0.15, 0.2) is 46.8 Å². The van der Waals surface area contributed by atoms with E-state index in [-0.39, 0.29) is 16.8 Å². The second-order valence-electron chi connectivity index (χ2n) is 6.45. The minimum atomic E-state index is -3.84. The smallest absolute Gasteiger partial charge is 0.268 e. The van der Waals surface area contributed by atoms with Crippen molar-refractivity contribution in [2.45, 2.75) is 30.7 Å². The first-order valence-electron chi connectivity index (χ1n) is 8.28. The molecule has 0 fully saturated rings. The first-order valence-corrected chi connectivity index (χ1v) is 10.6. The second-order valence-corrected chi connectivity index (χ2v) is 9.19. The Morgan fingerprint density at radius 2 is 2.12 bits per heavy atom. The van der Waals surface area contributed by atoms with Crippen molar-refractivity contribution in [2.24, 2.45) is 7.05 Å². The summed E-state index contributed by atoms with van der Waals surface area (Å²) in [5.74, 6) is -0.351. The summed E-state index contributed by atoms with van der Waals surface area (Å²) in [6.07, 6.45) is 2.84. The lowest BCUT2D eigenvalue weighted by atomic mass is 9.99. The van der Waals surface area contributed by atoms with Gasteiger partial charge in [0.1, 0.15) is 16.4 Å². The molecule has 4 rings (SSSR count). The molecule has 0 spiro atoms. The average Bonchev–Trinajstić information content (AvgIpc) is 3.24. The molecule has 8 heteroatoms. The molecule has 3 aromatic rings. The fourth-order valence-electron chi connectivity index (χ4n) is 3.40. The van der Waals surface area contributed by atoms with Gasteiger partial charge in [-0.3, -0.25) is 8.99 Å². The number of fused-ring (bicyclic) bond motifs is 1. The molecular formula is C18H18FN3O2S2. The van der Waals surface area contributed by atoms with Gasteiger partial charge in [-0.15, -0.1) is 11.3 Å². The van der Waals surface area contributed by atoms with Gasteiger partial charge in [0.2, 0.25) is 0 Å². The summed E-state index contributed by atoms with van der Waals surface area (Å²) in [5, 5.41) is 6.26. The normalized spacial score (nSPS) is 17.3. The zero-order valence-corrected chi connectivity index (χ0v) is 16.0. The van der Waals surface area contributed by atoms with Crippen LogP contribution in [-0.2, 0) is 23.5 Å². The van der Waals surface area contributed by atoms with Crippen molar-refractivity contribution < 1.29 is 12.8 Å². The number of hydrogen-bond donors (Lipinski definition) is 0.